The van der Waals surface area contributed by atoms with Crippen LogP contribution >= 0.6 is 0 Å². The predicted octanol–water partition coefficient (Wildman–Crippen LogP) is 1.22. The molecule has 3 N–H and O–H groups in total. The van der Waals surface area contributed by atoms with Crippen LogP contribution in [0, 0.1) is 11.3 Å². The Morgan fingerprint density at radius 2 is 1.78 bits per heavy atom. The second-order valence-electron chi connectivity index (χ2n) is 8.26. The van der Waals surface area contributed by atoms with Crippen LogP contribution in [0.4, 0.5) is 0 Å². The Morgan fingerprint density at radius 3 is 2.44 bits per heavy atom. The molecule has 3 aliphatic heterocycles. The van der Waals surface area contributed by atoms with Crippen LogP contribution in [-0.4, -0.2) is 54.1 Å². The maximum Gasteiger partial charge on any atom is 0.227 e. The smallest absolute Gasteiger partial charge is 0.227 e. The van der Waals surface area contributed by atoms with Gasteiger partial charge in [0.05, 0.1) is 17.6 Å². The maximum atomic E-state index is 12.9. The number of benzene rings is 1. The molecule has 1 aromatic rings. The van der Waals surface area contributed by atoms with Gasteiger partial charge in [-0.3, -0.25) is 9.59 Å². The number of carbonyl (C=O) groups excluding carboxylic acids is 2. The Morgan fingerprint density at radius 1 is 1.11 bits per heavy atom. The monoisotopic (exact) mass is 371 g/mol. The molecular formula is C21H29N3O3. The Bertz CT molecular complexity index is 679. The number of hydrogen-bond acceptors (Lipinski definition) is 4. The quantitative estimate of drug-likeness (QED) is 0.730. The molecule has 2 atom stereocenters. The van der Waals surface area contributed by atoms with Crippen LogP contribution < -0.4 is 10.6 Å². The lowest BCUT2D eigenvalue weighted by molar-refractivity contribution is -0.150. The van der Waals surface area contributed by atoms with Gasteiger partial charge >= 0.3 is 0 Å². The molecule has 3 fully saturated rings. The summed E-state index contributed by atoms with van der Waals surface area (Å²) in [5.74, 6) is 0.384. The number of nitrogens with one attached hydrogen (secondary N) is 2. The van der Waals surface area contributed by atoms with E-state index in [0.717, 1.165) is 31.5 Å². The highest BCUT2D eigenvalue weighted by molar-refractivity contribution is 5.85. The highest BCUT2D eigenvalue weighted by atomic mass is 16.3. The van der Waals surface area contributed by atoms with Gasteiger partial charge in [0.1, 0.15) is 0 Å². The Kier molecular flexibility index (Phi) is 5.19. The van der Waals surface area contributed by atoms with Crippen LogP contribution in [-0.2, 0) is 9.59 Å². The lowest BCUT2D eigenvalue weighted by atomic mass is 9.69. The highest BCUT2D eigenvalue weighted by Gasteiger charge is 2.49. The first-order valence-corrected chi connectivity index (χ1v) is 10.1. The van der Waals surface area contributed by atoms with Crippen LogP contribution in [0.1, 0.15) is 43.7 Å². The van der Waals surface area contributed by atoms with Crippen molar-refractivity contribution in [3.63, 3.8) is 0 Å². The minimum atomic E-state index is -0.600. The Hall–Kier alpha value is -1.92. The molecule has 6 nitrogen and oxygen atoms in total. The molecule has 0 radical (unpaired) electrons. The minimum Gasteiger partial charge on any atom is -0.391 e. The second kappa shape index (κ2) is 7.60. The molecule has 2 amide bonds. The molecule has 27 heavy (non-hydrogen) atoms. The van der Waals surface area contributed by atoms with Gasteiger partial charge in [-0.2, -0.15) is 0 Å². The number of likely N-dealkylation sites (tertiary alicyclic amines) is 1. The summed E-state index contributed by atoms with van der Waals surface area (Å²) in [5.41, 5.74) is 0.391. The molecule has 0 aromatic heterocycles. The maximum absolute atomic E-state index is 12.9. The van der Waals surface area contributed by atoms with Crippen molar-refractivity contribution in [1.82, 2.24) is 15.5 Å². The van der Waals surface area contributed by atoms with E-state index in [4.69, 9.17) is 0 Å². The summed E-state index contributed by atoms with van der Waals surface area (Å²) >= 11 is 0. The average molecular weight is 371 g/mol. The average Bonchev–Trinajstić information content (AvgIpc) is 2.72. The van der Waals surface area contributed by atoms with Crippen molar-refractivity contribution >= 4 is 11.8 Å². The van der Waals surface area contributed by atoms with Crippen molar-refractivity contribution < 1.29 is 14.7 Å². The summed E-state index contributed by atoms with van der Waals surface area (Å²) in [4.78, 5) is 27.6. The van der Waals surface area contributed by atoms with Gasteiger partial charge < -0.3 is 20.6 Å². The molecule has 4 rings (SSSR count). The summed E-state index contributed by atoms with van der Waals surface area (Å²) in [6.07, 6.45) is 2.93. The van der Waals surface area contributed by atoms with Gasteiger partial charge in [-0.1, -0.05) is 30.3 Å². The van der Waals surface area contributed by atoms with E-state index in [0.29, 0.717) is 32.4 Å². The number of amides is 2. The van der Waals surface area contributed by atoms with Crippen LogP contribution in [0.3, 0.4) is 0 Å². The number of rotatable bonds is 2. The van der Waals surface area contributed by atoms with E-state index in [1.807, 2.05) is 35.2 Å². The molecule has 6 heteroatoms. The van der Waals surface area contributed by atoms with Crippen LogP contribution in [0.25, 0.3) is 0 Å². The van der Waals surface area contributed by atoms with Gasteiger partial charge in [-0.25, -0.2) is 0 Å². The fourth-order valence-electron chi connectivity index (χ4n) is 4.88. The summed E-state index contributed by atoms with van der Waals surface area (Å²) in [6.45, 7) is 3.03. The third kappa shape index (κ3) is 3.60. The molecule has 3 aliphatic rings. The fourth-order valence-corrected chi connectivity index (χ4v) is 4.88. The number of carbonyl (C=O) groups is 2. The van der Waals surface area contributed by atoms with Gasteiger partial charge in [0.2, 0.25) is 11.8 Å². The van der Waals surface area contributed by atoms with Crippen molar-refractivity contribution in [3.8, 4) is 0 Å². The molecule has 3 heterocycles. The number of aliphatic hydroxyl groups excluding tert-OH is 1. The minimum absolute atomic E-state index is 0.0237. The third-order valence-electron chi connectivity index (χ3n) is 6.63. The van der Waals surface area contributed by atoms with E-state index in [-0.39, 0.29) is 23.8 Å². The van der Waals surface area contributed by atoms with Crippen LogP contribution in [0.15, 0.2) is 30.3 Å². The van der Waals surface area contributed by atoms with Crippen molar-refractivity contribution in [2.75, 3.05) is 26.2 Å². The van der Waals surface area contributed by atoms with Crippen molar-refractivity contribution in [2.45, 2.75) is 44.2 Å². The fraction of sp³-hybridized carbons (Fsp3) is 0.619. The van der Waals surface area contributed by atoms with Crippen molar-refractivity contribution in [3.05, 3.63) is 35.9 Å². The topological polar surface area (TPSA) is 81.7 Å². The van der Waals surface area contributed by atoms with E-state index >= 15 is 0 Å². The normalized spacial score (nSPS) is 28.8. The first-order chi connectivity index (χ1) is 13.1. The zero-order valence-corrected chi connectivity index (χ0v) is 15.7. The molecule has 146 valence electrons. The van der Waals surface area contributed by atoms with Gasteiger partial charge in [0.25, 0.3) is 0 Å². The molecule has 1 spiro atoms. The molecule has 1 aromatic carbocycles. The first kappa shape index (κ1) is 18.4. The van der Waals surface area contributed by atoms with Crippen LogP contribution in [0.5, 0.6) is 0 Å². The standard InChI is InChI=1S/C21H29N3O3/c25-17-14-21(20(27)23-18(17)15-4-2-1-3-5-15)8-12-24(13-9-21)19(26)16-6-10-22-11-7-16/h1-5,16-18,22,25H,6-14H2,(H,23,27)/t17-,18+/m1/s1. The zero-order valence-electron chi connectivity index (χ0n) is 15.7. The molecule has 0 aliphatic carbocycles. The Labute approximate surface area is 160 Å². The summed E-state index contributed by atoms with van der Waals surface area (Å²) < 4.78 is 0. The van der Waals surface area contributed by atoms with E-state index in [1.54, 1.807) is 0 Å². The first-order valence-electron chi connectivity index (χ1n) is 10.1. The number of aliphatic hydroxyl groups is 1. The van der Waals surface area contributed by atoms with E-state index in [2.05, 4.69) is 10.6 Å². The molecular weight excluding hydrogens is 342 g/mol. The summed E-state index contributed by atoms with van der Waals surface area (Å²) in [6, 6.07) is 9.29. The van der Waals surface area contributed by atoms with Crippen molar-refractivity contribution in [1.29, 1.82) is 0 Å². The largest absolute Gasteiger partial charge is 0.391 e. The lowest BCUT2D eigenvalue weighted by Crippen LogP contribution is -2.58. The number of hydrogen-bond donors (Lipinski definition) is 3. The summed E-state index contributed by atoms with van der Waals surface area (Å²) in [7, 11) is 0. The molecule has 0 bridgehead atoms. The summed E-state index contributed by atoms with van der Waals surface area (Å²) in [5, 5.41) is 17.1. The molecule has 3 saturated heterocycles. The van der Waals surface area contributed by atoms with E-state index in [1.165, 1.54) is 0 Å². The lowest BCUT2D eigenvalue weighted by Gasteiger charge is -2.47. The van der Waals surface area contributed by atoms with Gasteiger partial charge in [-0.05, 0) is 50.8 Å². The van der Waals surface area contributed by atoms with Crippen LogP contribution in [0.2, 0.25) is 0 Å². The Balaban J connectivity index is 1.39. The van der Waals surface area contributed by atoms with E-state index < -0.39 is 11.5 Å². The highest BCUT2D eigenvalue weighted by Crippen LogP contribution is 2.42. The molecule has 0 saturated carbocycles. The third-order valence-corrected chi connectivity index (χ3v) is 6.63. The van der Waals surface area contributed by atoms with Gasteiger partial charge in [0.15, 0.2) is 0 Å². The molecule has 0 unspecified atom stereocenters. The number of piperidine rings is 3. The predicted molar refractivity (Wildman–Crippen MR) is 102 cm³/mol. The van der Waals surface area contributed by atoms with E-state index in [9.17, 15) is 14.7 Å². The number of nitrogens with zero attached hydrogens (tertiary/aromatic N) is 1. The van der Waals surface area contributed by atoms with Crippen molar-refractivity contribution in [2.24, 2.45) is 11.3 Å². The van der Waals surface area contributed by atoms with Gasteiger partial charge in [-0.15, -0.1) is 0 Å². The zero-order chi connectivity index (χ0) is 18.9. The van der Waals surface area contributed by atoms with Gasteiger partial charge in [0, 0.05) is 19.0 Å². The SMILES string of the molecule is O=C(C1CCNCC1)N1CCC2(CC1)C[C@@H](O)[C@H](c1ccccc1)NC2=O. The second-order valence-corrected chi connectivity index (χ2v) is 8.26.